The van der Waals surface area contributed by atoms with E-state index in [4.69, 9.17) is 4.42 Å². The Hall–Kier alpha value is -4.81. The predicted octanol–water partition coefficient (Wildman–Crippen LogP) is 3.60. The van der Waals surface area contributed by atoms with Gasteiger partial charge in [-0.15, -0.1) is 0 Å². The molecule has 0 atom stereocenters. The van der Waals surface area contributed by atoms with Crippen molar-refractivity contribution in [3.05, 3.63) is 66.1 Å². The van der Waals surface area contributed by atoms with Crippen molar-refractivity contribution in [2.45, 2.75) is 13.8 Å². The largest absolute Gasteiger partial charge is 0.460 e. The fraction of sp³-hybridized carbons (Fsp3) is 0.174. The fourth-order valence-corrected chi connectivity index (χ4v) is 2.09. The average molecular weight is 504 g/mol. The van der Waals surface area contributed by atoms with Crippen molar-refractivity contribution in [1.29, 1.82) is 0 Å². The molecule has 0 aliphatic carbocycles. The van der Waals surface area contributed by atoms with Crippen molar-refractivity contribution in [3.8, 4) is 0 Å². The predicted molar refractivity (Wildman–Crippen MR) is 123 cm³/mol. The van der Waals surface area contributed by atoms with E-state index in [-0.39, 0.29) is 37.2 Å². The number of nitrogens with one attached hydrogen (secondary N) is 1. The highest BCUT2D eigenvalue weighted by molar-refractivity contribution is 6.20. The molecular formula is C23H22F2N4O7. The quantitative estimate of drug-likeness (QED) is 0.209. The van der Waals surface area contributed by atoms with Gasteiger partial charge in [0.1, 0.15) is 11.6 Å². The number of carbonyl (C=O) groups is 4. The maximum absolute atomic E-state index is 12.9. The Balaban J connectivity index is 0.000000306. The maximum atomic E-state index is 12.9. The van der Waals surface area contributed by atoms with Crippen LogP contribution in [0.4, 0.5) is 26.2 Å². The number of hydrogen-bond acceptors (Lipinski definition) is 11. The molecule has 1 aromatic heterocycles. The first-order valence-corrected chi connectivity index (χ1v) is 10.2. The number of aromatic nitrogens is 2. The van der Waals surface area contributed by atoms with Gasteiger partial charge in [0.05, 0.1) is 25.1 Å². The first-order chi connectivity index (χ1) is 17.3. The minimum atomic E-state index is -0.803. The highest BCUT2D eigenvalue weighted by Crippen LogP contribution is 2.16. The van der Waals surface area contributed by atoms with Gasteiger partial charge in [0.2, 0.25) is 6.29 Å². The number of benzene rings is 2. The van der Waals surface area contributed by atoms with Gasteiger partial charge < -0.3 is 19.2 Å². The Morgan fingerprint density at radius 2 is 1.67 bits per heavy atom. The van der Waals surface area contributed by atoms with Crippen LogP contribution >= 0.6 is 0 Å². The Morgan fingerprint density at radius 3 is 2.22 bits per heavy atom. The van der Waals surface area contributed by atoms with Gasteiger partial charge in [-0.25, -0.2) is 18.4 Å². The van der Waals surface area contributed by atoms with E-state index in [1.54, 1.807) is 26.0 Å². The number of halogens is 2. The summed E-state index contributed by atoms with van der Waals surface area (Å²) >= 11 is 0. The molecule has 3 rings (SSSR count). The SMILES string of the molecule is CCOC(=O)C=O.CCOC(=O)c1nnc(Nc2cccc(F)c2)o1.O=CC=Nc1cccc(F)c1. The van der Waals surface area contributed by atoms with Gasteiger partial charge in [-0.2, -0.15) is 0 Å². The summed E-state index contributed by atoms with van der Waals surface area (Å²) in [6.45, 7) is 3.78. The first kappa shape index (κ1) is 29.2. The minimum Gasteiger partial charge on any atom is -0.460 e. The molecule has 13 heteroatoms. The van der Waals surface area contributed by atoms with E-state index in [9.17, 15) is 28.0 Å². The topological polar surface area (TPSA) is 150 Å². The van der Waals surface area contributed by atoms with Gasteiger partial charge in [0.25, 0.3) is 0 Å². The molecule has 0 unspecified atom stereocenters. The summed E-state index contributed by atoms with van der Waals surface area (Å²) in [5.41, 5.74) is 0.881. The van der Waals surface area contributed by atoms with Gasteiger partial charge in [0, 0.05) is 5.69 Å². The number of hydrogen-bond donors (Lipinski definition) is 1. The molecule has 2 aromatic carbocycles. The molecular weight excluding hydrogens is 482 g/mol. The third-order valence-electron chi connectivity index (χ3n) is 3.43. The van der Waals surface area contributed by atoms with Crippen molar-refractivity contribution >= 4 is 48.1 Å². The lowest BCUT2D eigenvalue weighted by Gasteiger charge is -2.00. The van der Waals surface area contributed by atoms with Crippen molar-refractivity contribution in [3.63, 3.8) is 0 Å². The van der Waals surface area contributed by atoms with Gasteiger partial charge in [-0.1, -0.05) is 22.3 Å². The summed E-state index contributed by atoms with van der Waals surface area (Å²) in [7, 11) is 0. The zero-order valence-corrected chi connectivity index (χ0v) is 19.2. The number of rotatable bonds is 8. The van der Waals surface area contributed by atoms with E-state index < -0.39 is 17.8 Å². The van der Waals surface area contributed by atoms with Gasteiger partial charge in [-0.05, 0) is 50.2 Å². The van der Waals surface area contributed by atoms with Crippen molar-refractivity contribution < 1.29 is 41.8 Å². The molecule has 0 aliphatic rings. The van der Waals surface area contributed by atoms with Crippen LogP contribution in [0.2, 0.25) is 0 Å². The number of nitrogens with zero attached hydrogens (tertiary/aromatic N) is 3. The second kappa shape index (κ2) is 16.7. The molecule has 1 heterocycles. The van der Waals surface area contributed by atoms with Gasteiger partial charge in [0.15, 0.2) is 6.29 Å². The van der Waals surface area contributed by atoms with Crippen LogP contribution in [0.3, 0.4) is 0 Å². The van der Waals surface area contributed by atoms with Crippen LogP contribution in [0.15, 0.2) is 57.9 Å². The molecule has 0 amide bonds. The van der Waals surface area contributed by atoms with E-state index in [1.165, 1.54) is 36.4 Å². The Labute approximate surface area is 204 Å². The molecule has 0 saturated heterocycles. The van der Waals surface area contributed by atoms with Crippen molar-refractivity contribution in [2.75, 3.05) is 18.5 Å². The highest BCUT2D eigenvalue weighted by Gasteiger charge is 2.15. The van der Waals surface area contributed by atoms with E-state index in [2.05, 4.69) is 30.0 Å². The number of ether oxygens (including phenoxy) is 2. The summed E-state index contributed by atoms with van der Waals surface area (Å²) in [6.07, 6.45) is 1.77. The van der Waals surface area contributed by atoms with Gasteiger partial charge >= 0.3 is 23.8 Å². The monoisotopic (exact) mass is 504 g/mol. The van der Waals surface area contributed by atoms with Crippen LogP contribution in [0.5, 0.6) is 0 Å². The second-order valence-corrected chi connectivity index (χ2v) is 6.03. The molecule has 1 N–H and O–H groups in total. The molecule has 0 radical (unpaired) electrons. The van der Waals surface area contributed by atoms with E-state index in [0.29, 0.717) is 17.7 Å². The molecule has 0 bridgehead atoms. The Bertz CT molecular complexity index is 1170. The molecule has 11 nitrogen and oxygen atoms in total. The minimum absolute atomic E-state index is 0.0105. The third-order valence-corrected chi connectivity index (χ3v) is 3.43. The molecule has 3 aromatic rings. The molecule has 36 heavy (non-hydrogen) atoms. The van der Waals surface area contributed by atoms with Gasteiger partial charge in [-0.3, -0.25) is 14.6 Å². The number of carbonyl (C=O) groups excluding carboxylic acids is 4. The summed E-state index contributed by atoms with van der Waals surface area (Å²) < 4.78 is 39.2. The Kier molecular flexibility index (Phi) is 13.6. The van der Waals surface area contributed by atoms with Crippen LogP contribution < -0.4 is 5.32 Å². The molecule has 0 fully saturated rings. The lowest BCUT2D eigenvalue weighted by Crippen LogP contribution is -2.04. The molecule has 190 valence electrons. The van der Waals surface area contributed by atoms with E-state index >= 15 is 0 Å². The summed E-state index contributed by atoms with van der Waals surface area (Å²) in [6, 6.07) is 11.4. The fourth-order valence-electron chi connectivity index (χ4n) is 2.09. The molecule has 0 saturated carbocycles. The maximum Gasteiger partial charge on any atom is 0.396 e. The van der Waals surface area contributed by atoms with Crippen LogP contribution in [-0.4, -0.2) is 54.1 Å². The summed E-state index contributed by atoms with van der Waals surface area (Å²) in [5, 5.41) is 9.77. The van der Waals surface area contributed by atoms with Crippen molar-refractivity contribution in [1.82, 2.24) is 10.2 Å². The van der Waals surface area contributed by atoms with Crippen molar-refractivity contribution in [2.24, 2.45) is 4.99 Å². The van der Waals surface area contributed by atoms with E-state index in [0.717, 1.165) is 6.21 Å². The number of aldehydes is 2. The molecule has 0 aliphatic heterocycles. The zero-order valence-electron chi connectivity index (χ0n) is 19.2. The molecule has 0 spiro atoms. The summed E-state index contributed by atoms with van der Waals surface area (Å²) in [4.78, 5) is 44.0. The highest BCUT2D eigenvalue weighted by atomic mass is 19.1. The lowest BCUT2D eigenvalue weighted by molar-refractivity contribution is -0.148. The van der Waals surface area contributed by atoms with Crippen LogP contribution in [0.1, 0.15) is 24.5 Å². The van der Waals surface area contributed by atoms with Crippen LogP contribution in [-0.2, 0) is 23.9 Å². The van der Waals surface area contributed by atoms with E-state index in [1.807, 2.05) is 0 Å². The number of esters is 2. The summed E-state index contributed by atoms with van der Waals surface area (Å²) in [5.74, 6) is -2.51. The lowest BCUT2D eigenvalue weighted by atomic mass is 10.3. The number of anilines is 2. The standard InChI is InChI=1S/C11H10FN3O3.C8H6FNO.C4H6O3/c1-2-17-10(16)9-14-15-11(18-9)13-8-5-3-4-7(12)6-8;9-7-2-1-3-8(6-7)10-4-5-11;1-2-7-4(6)3-5/h3-6H,2H2,1H3,(H,13,15);1-6H;3H,2H2,1H3. The normalized spacial score (nSPS) is 9.67. The average Bonchev–Trinajstić information content (AvgIpc) is 3.32. The van der Waals surface area contributed by atoms with Crippen LogP contribution in [0, 0.1) is 11.6 Å². The second-order valence-electron chi connectivity index (χ2n) is 6.03. The smallest absolute Gasteiger partial charge is 0.396 e. The first-order valence-electron chi connectivity index (χ1n) is 10.2. The number of aliphatic imine (C=N–C) groups is 1. The Morgan fingerprint density at radius 1 is 1.00 bits per heavy atom. The zero-order chi connectivity index (χ0) is 26.8. The van der Waals surface area contributed by atoms with Crippen LogP contribution in [0.25, 0.3) is 0 Å². The third kappa shape index (κ3) is 11.9.